The third kappa shape index (κ3) is 6.38. The van der Waals surface area contributed by atoms with Crippen molar-refractivity contribution in [3.63, 3.8) is 0 Å². The van der Waals surface area contributed by atoms with Crippen LogP contribution >= 0.6 is 23.2 Å². The maximum atomic E-state index is 12.5. The Morgan fingerprint density at radius 2 is 1.89 bits per heavy atom. The Morgan fingerprint density at radius 3 is 2.59 bits per heavy atom. The van der Waals surface area contributed by atoms with Crippen molar-refractivity contribution in [3.8, 4) is 11.8 Å². The van der Waals surface area contributed by atoms with Crippen LogP contribution in [0.2, 0.25) is 10.0 Å². The van der Waals surface area contributed by atoms with Crippen LogP contribution in [-0.2, 0) is 20.4 Å². The number of pyridine rings is 1. The second-order valence-corrected chi connectivity index (χ2v) is 13.0. The Labute approximate surface area is 265 Å². The minimum absolute atomic E-state index is 0.0516. The van der Waals surface area contributed by atoms with Gasteiger partial charge in [-0.05, 0) is 37.3 Å². The molecule has 1 aromatic heterocycles. The third-order valence-corrected chi connectivity index (χ3v) is 9.52. The molecule has 3 aromatic carbocycles. The summed E-state index contributed by atoms with van der Waals surface area (Å²) in [6.07, 6.45) is 4.68. The van der Waals surface area contributed by atoms with Gasteiger partial charge < -0.3 is 25.2 Å². The van der Waals surface area contributed by atoms with Crippen molar-refractivity contribution in [1.82, 2.24) is 10.3 Å². The first-order valence-corrected chi connectivity index (χ1v) is 15.9. The van der Waals surface area contributed by atoms with Crippen molar-refractivity contribution in [2.75, 3.05) is 31.3 Å². The highest BCUT2D eigenvalue weighted by Crippen LogP contribution is 2.40. The lowest BCUT2D eigenvalue weighted by Crippen LogP contribution is -2.32. The summed E-state index contributed by atoms with van der Waals surface area (Å²) in [4.78, 5) is 4.73. The molecular formula is C32H28Cl2N4O5S. The average Bonchev–Trinajstić information content (AvgIpc) is 3.02. The number of anilines is 2. The Balaban J connectivity index is 1.33. The second-order valence-electron chi connectivity index (χ2n) is 10.1. The van der Waals surface area contributed by atoms with Crippen LogP contribution in [0.3, 0.4) is 0 Å². The largest absolute Gasteiger partial charge is 0.495 e. The van der Waals surface area contributed by atoms with Gasteiger partial charge in [-0.25, -0.2) is 8.42 Å². The number of ether oxygens (including phenoxy) is 2. The van der Waals surface area contributed by atoms with E-state index in [0.717, 1.165) is 5.57 Å². The quantitative estimate of drug-likeness (QED) is 0.171. The van der Waals surface area contributed by atoms with Gasteiger partial charge in [0.15, 0.2) is 9.84 Å². The lowest BCUT2D eigenvalue weighted by Gasteiger charge is -2.32. The first-order chi connectivity index (χ1) is 21.1. The van der Waals surface area contributed by atoms with E-state index in [-0.39, 0.29) is 22.8 Å². The zero-order valence-corrected chi connectivity index (χ0v) is 26.1. The predicted molar refractivity (Wildman–Crippen MR) is 171 cm³/mol. The van der Waals surface area contributed by atoms with Gasteiger partial charge in [0.2, 0.25) is 0 Å². The van der Waals surface area contributed by atoms with Gasteiger partial charge in [0.1, 0.15) is 11.8 Å². The fraction of sp³-hybridized carbons (Fsp3) is 0.188. The Kier molecular flexibility index (Phi) is 9.15. The number of nitrogens with one attached hydrogen (secondary N) is 2. The van der Waals surface area contributed by atoms with Crippen LogP contribution in [0.25, 0.3) is 10.9 Å². The third-order valence-electron chi connectivity index (χ3n) is 7.18. The van der Waals surface area contributed by atoms with Crippen LogP contribution in [0.1, 0.15) is 18.1 Å². The van der Waals surface area contributed by atoms with Crippen molar-refractivity contribution in [2.45, 2.75) is 17.6 Å². The number of rotatable bonds is 10. The molecule has 5 rings (SSSR count). The van der Waals surface area contributed by atoms with Gasteiger partial charge >= 0.3 is 0 Å². The highest BCUT2D eigenvalue weighted by Gasteiger charge is 2.36. The lowest BCUT2D eigenvalue weighted by molar-refractivity contribution is -0.146. The number of sulfone groups is 1. The van der Waals surface area contributed by atoms with Gasteiger partial charge in [-0.1, -0.05) is 53.5 Å². The number of methoxy groups -OCH3 is 1. The normalized spacial score (nSPS) is 16.5. The molecule has 0 radical (unpaired) electrons. The average molecular weight is 652 g/mol. The molecule has 226 valence electrons. The van der Waals surface area contributed by atoms with E-state index < -0.39 is 15.6 Å². The molecule has 1 aliphatic rings. The lowest BCUT2D eigenvalue weighted by atomic mass is 9.93. The van der Waals surface area contributed by atoms with Crippen LogP contribution < -0.4 is 15.4 Å². The maximum absolute atomic E-state index is 12.5. The first-order valence-electron chi connectivity index (χ1n) is 13.5. The fourth-order valence-corrected chi connectivity index (χ4v) is 6.51. The van der Waals surface area contributed by atoms with Crippen LogP contribution in [0.4, 0.5) is 11.4 Å². The van der Waals surface area contributed by atoms with Crippen molar-refractivity contribution in [3.05, 3.63) is 112 Å². The molecule has 0 amide bonds. The zero-order chi connectivity index (χ0) is 31.5. The summed E-state index contributed by atoms with van der Waals surface area (Å²) in [6.45, 7) is 2.34. The number of nitrogens with zero attached hydrogens (tertiary/aromatic N) is 2. The predicted octanol–water partition coefficient (Wildman–Crippen LogP) is 6.23. The number of halogens is 2. The molecule has 0 saturated carbocycles. The molecule has 9 nitrogen and oxygen atoms in total. The molecule has 4 aromatic rings. The van der Waals surface area contributed by atoms with Crippen LogP contribution in [0.5, 0.6) is 5.75 Å². The molecule has 12 heteroatoms. The fourth-order valence-electron chi connectivity index (χ4n) is 4.78. The van der Waals surface area contributed by atoms with E-state index in [9.17, 15) is 18.8 Å². The molecule has 0 saturated heterocycles. The monoisotopic (exact) mass is 650 g/mol. The van der Waals surface area contributed by atoms with E-state index in [0.29, 0.717) is 55.8 Å². The molecule has 1 aliphatic heterocycles. The molecule has 0 aliphatic carbocycles. The summed E-state index contributed by atoms with van der Waals surface area (Å²) in [6, 6.07) is 18.8. The smallest absolute Gasteiger partial charge is 0.257 e. The molecule has 2 heterocycles. The molecule has 0 bridgehead atoms. The van der Waals surface area contributed by atoms with E-state index in [4.69, 9.17) is 32.7 Å². The summed E-state index contributed by atoms with van der Waals surface area (Å²) in [5.74, 6) is -1.40. The van der Waals surface area contributed by atoms with Gasteiger partial charge in [-0.15, -0.1) is 0 Å². The van der Waals surface area contributed by atoms with E-state index in [1.54, 1.807) is 73.7 Å². The van der Waals surface area contributed by atoms with Crippen molar-refractivity contribution < 1.29 is 23.0 Å². The van der Waals surface area contributed by atoms with Gasteiger partial charge in [0.25, 0.3) is 5.79 Å². The number of fused-ring (bicyclic) bond motifs is 1. The summed E-state index contributed by atoms with van der Waals surface area (Å²) in [7, 11) is -1.90. The molecule has 0 spiro atoms. The number of nitriles is 1. The van der Waals surface area contributed by atoms with Gasteiger partial charge in [0, 0.05) is 47.4 Å². The van der Waals surface area contributed by atoms with Gasteiger partial charge in [0.05, 0.1) is 56.5 Å². The second kappa shape index (κ2) is 12.9. The van der Waals surface area contributed by atoms with Crippen molar-refractivity contribution >= 4 is 55.3 Å². The molecule has 1 unspecified atom stereocenters. The van der Waals surface area contributed by atoms with Gasteiger partial charge in [-0.2, -0.15) is 5.26 Å². The number of aliphatic hydroxyl groups is 1. The van der Waals surface area contributed by atoms with Gasteiger partial charge in [-0.3, -0.25) is 4.98 Å². The summed E-state index contributed by atoms with van der Waals surface area (Å²) in [5, 5.41) is 29.0. The SMILES string of the molecule is COc1cc(Nc2c(C#N)cnc3cc(C4(O)OC=C(CNCCS(=O)(=O)c5ccccc5)C=C4C)ccc23)c(Cl)cc1Cl. The molecule has 44 heavy (non-hydrogen) atoms. The molecular weight excluding hydrogens is 623 g/mol. The Hall–Kier alpha value is -4.11. The minimum Gasteiger partial charge on any atom is -0.495 e. The Bertz CT molecular complexity index is 1940. The standard InChI is InChI=1S/C32H28Cl2N4O5S/c1-20-12-21(17-36-10-11-44(40,41)24-6-4-3-5-7-24)19-43-32(20,39)23-8-9-25-28(13-23)37-18-22(16-35)31(25)38-29-15-30(42-2)27(34)14-26(29)33/h3-9,12-15,18-19,36,39H,10-11,17H2,1-2H3,(H,37,38). The first kappa shape index (κ1) is 31.3. The van der Waals surface area contributed by atoms with E-state index in [2.05, 4.69) is 21.7 Å². The Morgan fingerprint density at radius 1 is 1.11 bits per heavy atom. The van der Waals surface area contributed by atoms with Crippen molar-refractivity contribution in [1.29, 1.82) is 5.26 Å². The van der Waals surface area contributed by atoms with Crippen LogP contribution in [-0.4, -0.2) is 44.5 Å². The number of benzene rings is 3. The summed E-state index contributed by atoms with van der Waals surface area (Å²) >= 11 is 12.6. The topological polar surface area (TPSA) is 134 Å². The number of hydrogen-bond acceptors (Lipinski definition) is 9. The number of hydrogen-bond donors (Lipinski definition) is 3. The van der Waals surface area contributed by atoms with Crippen LogP contribution in [0.15, 0.2) is 95.2 Å². The summed E-state index contributed by atoms with van der Waals surface area (Å²) in [5.41, 5.74) is 3.45. The van der Waals surface area contributed by atoms with E-state index >= 15 is 0 Å². The molecule has 1 atom stereocenters. The molecule has 0 fully saturated rings. The molecule has 3 N–H and O–H groups in total. The zero-order valence-electron chi connectivity index (χ0n) is 23.8. The van der Waals surface area contributed by atoms with Crippen molar-refractivity contribution in [2.24, 2.45) is 0 Å². The van der Waals surface area contributed by atoms with Crippen LogP contribution in [0, 0.1) is 11.3 Å². The highest BCUT2D eigenvalue weighted by molar-refractivity contribution is 7.91. The van der Waals surface area contributed by atoms with E-state index in [1.165, 1.54) is 19.6 Å². The van der Waals surface area contributed by atoms with E-state index in [1.807, 2.05) is 0 Å². The number of aromatic nitrogens is 1. The maximum Gasteiger partial charge on any atom is 0.257 e. The minimum atomic E-state index is -3.39. The highest BCUT2D eigenvalue weighted by atomic mass is 35.5. The summed E-state index contributed by atoms with van der Waals surface area (Å²) < 4.78 is 36.2.